The van der Waals surface area contributed by atoms with Crippen LogP contribution >= 0.6 is 0 Å². The van der Waals surface area contributed by atoms with Gasteiger partial charge in [0.2, 0.25) is 0 Å². The predicted octanol–water partition coefficient (Wildman–Crippen LogP) is 3.16. The number of phenols is 1. The van der Waals surface area contributed by atoms with Crippen LogP contribution in [0.4, 0.5) is 11.5 Å². The Kier molecular flexibility index (Phi) is 4.27. The minimum Gasteiger partial charge on any atom is -0.506 e. The van der Waals surface area contributed by atoms with Crippen molar-refractivity contribution in [1.82, 2.24) is 19.7 Å². The van der Waals surface area contributed by atoms with E-state index in [0.717, 1.165) is 60.0 Å². The monoisotopic (exact) mass is 386 g/mol. The van der Waals surface area contributed by atoms with E-state index in [-0.39, 0.29) is 0 Å². The van der Waals surface area contributed by atoms with Gasteiger partial charge in [-0.1, -0.05) is 30.3 Å². The molecular formula is C22H22N6O. The van der Waals surface area contributed by atoms with Crippen molar-refractivity contribution in [2.24, 2.45) is 0 Å². The summed E-state index contributed by atoms with van der Waals surface area (Å²) in [5, 5.41) is 15.7. The molecule has 29 heavy (non-hydrogen) atoms. The first-order valence-electron chi connectivity index (χ1n) is 9.75. The van der Waals surface area contributed by atoms with Gasteiger partial charge in [0, 0.05) is 26.2 Å². The Morgan fingerprint density at radius 3 is 2.28 bits per heavy atom. The fourth-order valence-electron chi connectivity index (χ4n) is 3.95. The van der Waals surface area contributed by atoms with Crippen molar-refractivity contribution in [1.29, 1.82) is 0 Å². The van der Waals surface area contributed by atoms with E-state index < -0.39 is 0 Å². The number of rotatable bonds is 3. The van der Waals surface area contributed by atoms with Crippen molar-refractivity contribution < 1.29 is 5.11 Å². The van der Waals surface area contributed by atoms with Gasteiger partial charge in [0.05, 0.1) is 23.0 Å². The topological polar surface area (TPSA) is 70.3 Å². The van der Waals surface area contributed by atoms with E-state index in [0.29, 0.717) is 5.75 Å². The fourth-order valence-corrected chi connectivity index (χ4v) is 3.95. The number of aryl methyl sites for hydroxylation is 1. The standard InChI is InChI=1S/C22H22N6O/c1-16-6-2-3-7-18(16)28-22-17(14-25-28)21(23-15-24-22)27-12-10-26(11-13-27)19-8-4-5-9-20(19)29/h2-9,14-15,29H,10-13H2,1H3. The van der Waals surface area contributed by atoms with E-state index in [4.69, 9.17) is 0 Å². The summed E-state index contributed by atoms with van der Waals surface area (Å²) in [7, 11) is 0. The highest BCUT2D eigenvalue weighted by atomic mass is 16.3. The van der Waals surface area contributed by atoms with Crippen LogP contribution in [0.25, 0.3) is 16.7 Å². The first-order valence-corrected chi connectivity index (χ1v) is 9.75. The van der Waals surface area contributed by atoms with Gasteiger partial charge in [-0.15, -0.1) is 0 Å². The number of piperazine rings is 1. The third kappa shape index (κ3) is 3.04. The lowest BCUT2D eigenvalue weighted by atomic mass is 10.2. The van der Waals surface area contributed by atoms with Gasteiger partial charge in [0.15, 0.2) is 5.65 Å². The second kappa shape index (κ2) is 7.09. The minimum atomic E-state index is 0.324. The Morgan fingerprint density at radius 1 is 0.828 bits per heavy atom. The quantitative estimate of drug-likeness (QED) is 0.583. The van der Waals surface area contributed by atoms with Crippen molar-refractivity contribution in [2.45, 2.75) is 6.92 Å². The van der Waals surface area contributed by atoms with Gasteiger partial charge >= 0.3 is 0 Å². The number of hydrogen-bond acceptors (Lipinski definition) is 6. The van der Waals surface area contributed by atoms with Gasteiger partial charge in [0.1, 0.15) is 17.9 Å². The molecule has 0 atom stereocenters. The molecule has 7 nitrogen and oxygen atoms in total. The Morgan fingerprint density at radius 2 is 1.52 bits per heavy atom. The number of benzene rings is 2. The highest BCUT2D eigenvalue weighted by Gasteiger charge is 2.23. The molecule has 2 aromatic carbocycles. The molecule has 1 N–H and O–H groups in total. The largest absolute Gasteiger partial charge is 0.506 e. The van der Waals surface area contributed by atoms with Crippen molar-refractivity contribution in [2.75, 3.05) is 36.0 Å². The number of aromatic hydroxyl groups is 1. The SMILES string of the molecule is Cc1ccccc1-n1ncc2c(N3CCN(c4ccccc4O)CC3)ncnc21. The summed E-state index contributed by atoms with van der Waals surface area (Å²) in [5.41, 5.74) is 3.87. The lowest BCUT2D eigenvalue weighted by Crippen LogP contribution is -2.46. The minimum absolute atomic E-state index is 0.324. The van der Waals surface area contributed by atoms with Crippen LogP contribution in [0, 0.1) is 6.92 Å². The summed E-state index contributed by atoms with van der Waals surface area (Å²) in [5.74, 6) is 1.23. The van der Waals surface area contributed by atoms with Gasteiger partial charge in [-0.2, -0.15) is 5.10 Å². The van der Waals surface area contributed by atoms with Crippen LogP contribution in [-0.4, -0.2) is 51.0 Å². The smallest absolute Gasteiger partial charge is 0.168 e. The number of hydrogen-bond donors (Lipinski definition) is 1. The molecular weight excluding hydrogens is 364 g/mol. The Bertz CT molecular complexity index is 1160. The van der Waals surface area contributed by atoms with Crippen LogP contribution in [0.1, 0.15) is 5.56 Å². The molecule has 1 fully saturated rings. The Balaban J connectivity index is 1.44. The Hall–Kier alpha value is -3.61. The van der Waals surface area contributed by atoms with E-state index in [1.807, 2.05) is 41.2 Å². The molecule has 0 saturated carbocycles. The summed E-state index contributed by atoms with van der Waals surface area (Å²) in [6, 6.07) is 15.6. The maximum absolute atomic E-state index is 10.1. The number of nitrogens with zero attached hydrogens (tertiary/aromatic N) is 6. The first-order chi connectivity index (χ1) is 14.2. The van der Waals surface area contributed by atoms with Gasteiger partial charge < -0.3 is 14.9 Å². The maximum Gasteiger partial charge on any atom is 0.168 e. The van der Waals surface area contributed by atoms with Crippen molar-refractivity contribution >= 4 is 22.5 Å². The summed E-state index contributed by atoms with van der Waals surface area (Å²) >= 11 is 0. The molecule has 3 heterocycles. The zero-order valence-electron chi connectivity index (χ0n) is 16.2. The summed E-state index contributed by atoms with van der Waals surface area (Å²) in [6.45, 7) is 5.33. The van der Waals surface area contributed by atoms with Crippen LogP contribution in [0.5, 0.6) is 5.75 Å². The Labute approximate surface area is 168 Å². The average Bonchev–Trinajstić information content (AvgIpc) is 3.19. The first kappa shape index (κ1) is 17.5. The third-order valence-electron chi connectivity index (χ3n) is 5.49. The van der Waals surface area contributed by atoms with E-state index in [1.54, 1.807) is 12.4 Å². The molecule has 2 aromatic heterocycles. The number of fused-ring (bicyclic) bond motifs is 1. The highest BCUT2D eigenvalue weighted by molar-refractivity contribution is 5.88. The van der Waals surface area contributed by atoms with Gasteiger partial charge in [-0.3, -0.25) is 0 Å². The summed E-state index contributed by atoms with van der Waals surface area (Å²) in [6.07, 6.45) is 3.47. The van der Waals surface area contributed by atoms with Crippen LogP contribution in [0.15, 0.2) is 61.1 Å². The van der Waals surface area contributed by atoms with Gasteiger partial charge in [-0.05, 0) is 30.7 Å². The second-order valence-electron chi connectivity index (χ2n) is 7.24. The number of aromatic nitrogens is 4. The molecule has 1 saturated heterocycles. The molecule has 7 heteroatoms. The van der Waals surface area contributed by atoms with Crippen LogP contribution in [0.3, 0.4) is 0 Å². The summed E-state index contributed by atoms with van der Waals surface area (Å²) < 4.78 is 1.88. The van der Waals surface area contributed by atoms with E-state index >= 15 is 0 Å². The second-order valence-corrected chi connectivity index (χ2v) is 7.24. The van der Waals surface area contributed by atoms with Crippen molar-refractivity contribution in [3.63, 3.8) is 0 Å². The summed E-state index contributed by atoms with van der Waals surface area (Å²) in [4.78, 5) is 13.6. The zero-order chi connectivity index (χ0) is 19.8. The molecule has 1 aliphatic rings. The molecule has 0 unspecified atom stereocenters. The number of para-hydroxylation sites is 3. The lowest BCUT2D eigenvalue weighted by Gasteiger charge is -2.37. The van der Waals surface area contributed by atoms with Crippen molar-refractivity contribution in [3.05, 3.63) is 66.6 Å². The zero-order valence-corrected chi connectivity index (χ0v) is 16.2. The molecule has 0 bridgehead atoms. The van der Waals surface area contributed by atoms with E-state index in [1.165, 1.54) is 0 Å². The molecule has 0 radical (unpaired) electrons. The molecule has 0 aliphatic carbocycles. The molecule has 4 aromatic rings. The van der Waals surface area contributed by atoms with Gasteiger partial charge in [-0.25, -0.2) is 14.6 Å². The van der Waals surface area contributed by atoms with Crippen LogP contribution in [0.2, 0.25) is 0 Å². The lowest BCUT2D eigenvalue weighted by molar-refractivity contribution is 0.472. The van der Waals surface area contributed by atoms with Crippen LogP contribution in [-0.2, 0) is 0 Å². The highest BCUT2D eigenvalue weighted by Crippen LogP contribution is 2.30. The average molecular weight is 386 g/mol. The van der Waals surface area contributed by atoms with Gasteiger partial charge in [0.25, 0.3) is 0 Å². The molecule has 5 rings (SSSR count). The molecule has 0 spiro atoms. The molecule has 146 valence electrons. The normalized spacial score (nSPS) is 14.5. The van der Waals surface area contributed by atoms with Crippen LogP contribution < -0.4 is 9.80 Å². The fraction of sp³-hybridized carbons (Fsp3) is 0.227. The molecule has 1 aliphatic heterocycles. The van der Waals surface area contributed by atoms with E-state index in [2.05, 4.69) is 43.9 Å². The molecule has 0 amide bonds. The predicted molar refractivity (Wildman–Crippen MR) is 114 cm³/mol. The number of phenolic OH excluding ortho intramolecular Hbond substituents is 1. The van der Waals surface area contributed by atoms with E-state index in [9.17, 15) is 5.11 Å². The third-order valence-corrected chi connectivity index (χ3v) is 5.49. The number of anilines is 2. The van der Waals surface area contributed by atoms with Crippen molar-refractivity contribution in [3.8, 4) is 11.4 Å². The maximum atomic E-state index is 10.1.